The molecule has 0 aromatic carbocycles. The van der Waals surface area contributed by atoms with Crippen LogP contribution in [0.25, 0.3) is 0 Å². The Balaban J connectivity index is 0.000000673. The van der Waals surface area contributed by atoms with Crippen molar-refractivity contribution in [1.82, 2.24) is 10.3 Å². The molecule has 0 atom stereocenters. The van der Waals surface area contributed by atoms with Crippen molar-refractivity contribution in [3.05, 3.63) is 29.6 Å². The molecule has 0 saturated carbocycles. The van der Waals surface area contributed by atoms with Crippen LogP contribution in [0.15, 0.2) is 18.5 Å². The molecule has 0 aliphatic heterocycles. The first-order valence-corrected chi connectivity index (χ1v) is 5.46. The van der Waals surface area contributed by atoms with Crippen molar-refractivity contribution >= 4 is 6.41 Å². The summed E-state index contributed by atoms with van der Waals surface area (Å²) < 4.78 is 0. The maximum Gasteiger partial charge on any atom is 0.207 e. The van der Waals surface area contributed by atoms with Crippen LogP contribution in [0.5, 0.6) is 0 Å². The molecule has 0 radical (unpaired) electrons. The van der Waals surface area contributed by atoms with E-state index in [0.29, 0.717) is 18.9 Å². The van der Waals surface area contributed by atoms with Crippen LogP contribution in [-0.4, -0.2) is 17.9 Å². The van der Waals surface area contributed by atoms with E-state index >= 15 is 0 Å². The largest absolute Gasteiger partial charge is 0.355 e. The Morgan fingerprint density at radius 2 is 2.12 bits per heavy atom. The molecule has 0 fully saturated rings. The molecule has 0 spiro atoms. The predicted molar refractivity (Wildman–Crippen MR) is 66.0 cm³/mol. The molecule has 3 N–H and O–H groups in total. The van der Waals surface area contributed by atoms with Gasteiger partial charge in [-0.05, 0) is 23.6 Å². The van der Waals surface area contributed by atoms with Crippen LogP contribution in [0.1, 0.15) is 37.8 Å². The van der Waals surface area contributed by atoms with Gasteiger partial charge in [-0.3, -0.25) is 9.78 Å². The first-order valence-electron chi connectivity index (χ1n) is 5.46. The lowest BCUT2D eigenvalue weighted by molar-refractivity contribution is -0.109. The predicted octanol–water partition coefficient (Wildman–Crippen LogP) is 1.42. The second kappa shape index (κ2) is 8.85. The van der Waals surface area contributed by atoms with E-state index < -0.39 is 0 Å². The van der Waals surface area contributed by atoms with Gasteiger partial charge in [-0.1, -0.05) is 26.8 Å². The van der Waals surface area contributed by atoms with E-state index in [9.17, 15) is 4.79 Å². The third kappa shape index (κ3) is 6.14. The fourth-order valence-corrected chi connectivity index (χ4v) is 1.08. The summed E-state index contributed by atoms with van der Waals surface area (Å²) in [5, 5.41) is 2.61. The molecule has 16 heavy (non-hydrogen) atoms. The van der Waals surface area contributed by atoms with Crippen molar-refractivity contribution < 1.29 is 4.79 Å². The van der Waals surface area contributed by atoms with E-state index in [-0.39, 0.29) is 0 Å². The summed E-state index contributed by atoms with van der Waals surface area (Å²) in [6.45, 7) is 7.44. The molecule has 4 nitrogen and oxygen atoms in total. The molecule has 1 amide bonds. The average molecular weight is 223 g/mol. The second-order valence-electron chi connectivity index (χ2n) is 3.69. The summed E-state index contributed by atoms with van der Waals surface area (Å²) in [7, 11) is 0. The molecule has 0 aliphatic carbocycles. The Kier molecular flexibility index (Phi) is 8.07. The van der Waals surface area contributed by atoms with Crippen LogP contribution >= 0.6 is 0 Å². The highest BCUT2D eigenvalue weighted by Gasteiger charge is 2.00. The molecule has 0 unspecified atom stereocenters. The van der Waals surface area contributed by atoms with Crippen LogP contribution < -0.4 is 11.1 Å². The molecule has 90 valence electrons. The van der Waals surface area contributed by atoms with Crippen LogP contribution in [0, 0.1) is 0 Å². The van der Waals surface area contributed by atoms with Gasteiger partial charge in [0.15, 0.2) is 0 Å². The minimum atomic E-state index is 0.476. The number of hydrogen-bond acceptors (Lipinski definition) is 3. The minimum Gasteiger partial charge on any atom is -0.355 e. The van der Waals surface area contributed by atoms with E-state index in [2.05, 4.69) is 30.2 Å². The average Bonchev–Trinajstić information content (AvgIpc) is 2.28. The van der Waals surface area contributed by atoms with Crippen molar-refractivity contribution in [3.8, 4) is 0 Å². The summed E-state index contributed by atoms with van der Waals surface area (Å²) in [4.78, 5) is 14.2. The number of nitrogens with two attached hydrogens (primary N) is 1. The molecular weight excluding hydrogens is 202 g/mol. The first kappa shape index (κ1) is 14.6. The van der Waals surface area contributed by atoms with Crippen molar-refractivity contribution in [2.75, 3.05) is 6.54 Å². The van der Waals surface area contributed by atoms with Crippen LogP contribution in [0.3, 0.4) is 0 Å². The molecule has 0 saturated heterocycles. The van der Waals surface area contributed by atoms with Gasteiger partial charge in [0.05, 0.1) is 0 Å². The summed E-state index contributed by atoms with van der Waals surface area (Å²) >= 11 is 0. The van der Waals surface area contributed by atoms with Crippen LogP contribution in [0.4, 0.5) is 0 Å². The smallest absolute Gasteiger partial charge is 0.207 e. The van der Waals surface area contributed by atoms with E-state index in [1.807, 2.05) is 13.1 Å². The standard InChI is InChI=1S/C10H14N2O.C2H7N/c1-8(2)10-3-9(4-11-6-10)5-12-7-13;1-2-3/h3-4,6-8H,5H2,1-2H3,(H,12,13);2-3H2,1H3. The molecule has 0 aliphatic rings. The number of nitrogens with zero attached hydrogens (tertiary/aromatic N) is 1. The quantitative estimate of drug-likeness (QED) is 0.758. The molecule has 1 heterocycles. The van der Waals surface area contributed by atoms with Crippen LogP contribution in [0.2, 0.25) is 0 Å². The Hall–Kier alpha value is -1.42. The highest BCUT2D eigenvalue weighted by atomic mass is 16.1. The van der Waals surface area contributed by atoms with Gasteiger partial charge in [-0.15, -0.1) is 0 Å². The monoisotopic (exact) mass is 223 g/mol. The van der Waals surface area contributed by atoms with Crippen LogP contribution in [-0.2, 0) is 11.3 Å². The number of hydrogen-bond donors (Lipinski definition) is 2. The number of carbonyl (C=O) groups is 1. The van der Waals surface area contributed by atoms with E-state index in [0.717, 1.165) is 12.1 Å². The summed E-state index contributed by atoms with van der Waals surface area (Å²) in [5.74, 6) is 0.476. The Bertz CT molecular complexity index is 300. The van der Waals surface area contributed by atoms with E-state index in [1.165, 1.54) is 5.56 Å². The van der Waals surface area contributed by atoms with Gasteiger partial charge in [0.1, 0.15) is 0 Å². The minimum absolute atomic E-state index is 0.476. The molecule has 1 aromatic heterocycles. The Morgan fingerprint density at radius 1 is 1.50 bits per heavy atom. The number of rotatable bonds is 4. The SMILES string of the molecule is CC(C)c1cncc(CNC=O)c1.CCN. The molecule has 0 bridgehead atoms. The fraction of sp³-hybridized carbons (Fsp3) is 0.500. The van der Waals surface area contributed by atoms with Gasteiger partial charge in [-0.25, -0.2) is 0 Å². The number of nitrogens with one attached hydrogen (secondary N) is 1. The van der Waals surface area contributed by atoms with Crippen molar-refractivity contribution in [2.45, 2.75) is 33.2 Å². The van der Waals surface area contributed by atoms with Gasteiger partial charge in [0.2, 0.25) is 6.41 Å². The van der Waals surface area contributed by atoms with Gasteiger partial charge in [0.25, 0.3) is 0 Å². The number of aromatic nitrogens is 1. The third-order valence-electron chi connectivity index (χ3n) is 1.87. The molecular formula is C12H21N3O. The van der Waals surface area contributed by atoms with Crippen molar-refractivity contribution in [2.24, 2.45) is 5.73 Å². The lowest BCUT2D eigenvalue weighted by Gasteiger charge is -2.06. The van der Waals surface area contributed by atoms with Gasteiger partial charge in [-0.2, -0.15) is 0 Å². The number of amides is 1. The van der Waals surface area contributed by atoms with Gasteiger partial charge < -0.3 is 11.1 Å². The van der Waals surface area contributed by atoms with E-state index in [4.69, 9.17) is 5.73 Å². The first-order chi connectivity index (χ1) is 7.65. The molecule has 1 aromatic rings. The Morgan fingerprint density at radius 3 is 2.62 bits per heavy atom. The van der Waals surface area contributed by atoms with E-state index in [1.54, 1.807) is 6.20 Å². The zero-order chi connectivity index (χ0) is 12.4. The summed E-state index contributed by atoms with van der Waals surface area (Å²) in [5.41, 5.74) is 7.09. The molecule has 4 heteroatoms. The lowest BCUT2D eigenvalue weighted by atomic mass is 10.0. The highest BCUT2D eigenvalue weighted by Crippen LogP contribution is 2.13. The maximum absolute atomic E-state index is 10.1. The Labute approximate surface area is 97.3 Å². The second-order valence-corrected chi connectivity index (χ2v) is 3.69. The number of pyridine rings is 1. The summed E-state index contributed by atoms with van der Waals surface area (Å²) in [6.07, 6.45) is 4.32. The zero-order valence-corrected chi connectivity index (χ0v) is 10.2. The molecule has 1 rings (SSSR count). The normalized spacial score (nSPS) is 9.31. The van der Waals surface area contributed by atoms with Gasteiger partial charge >= 0.3 is 0 Å². The van der Waals surface area contributed by atoms with Gasteiger partial charge in [0, 0.05) is 18.9 Å². The highest BCUT2D eigenvalue weighted by molar-refractivity contribution is 5.46. The lowest BCUT2D eigenvalue weighted by Crippen LogP contribution is -2.10. The fourth-order valence-electron chi connectivity index (χ4n) is 1.08. The summed E-state index contributed by atoms with van der Waals surface area (Å²) in [6, 6.07) is 2.06. The van der Waals surface area contributed by atoms with Crippen molar-refractivity contribution in [3.63, 3.8) is 0 Å². The van der Waals surface area contributed by atoms with Crippen molar-refractivity contribution in [1.29, 1.82) is 0 Å². The third-order valence-corrected chi connectivity index (χ3v) is 1.87. The topological polar surface area (TPSA) is 68.0 Å². The number of carbonyl (C=O) groups excluding carboxylic acids is 1. The zero-order valence-electron chi connectivity index (χ0n) is 10.2. The maximum atomic E-state index is 10.1.